The van der Waals surface area contributed by atoms with E-state index in [1.54, 1.807) is 6.20 Å². The van der Waals surface area contributed by atoms with Crippen molar-refractivity contribution in [3.8, 4) is 5.75 Å². The lowest BCUT2D eigenvalue weighted by molar-refractivity contribution is 0.289. The Balaban J connectivity index is 1.89. The first-order valence-corrected chi connectivity index (χ1v) is 7.03. The fraction of sp³-hybridized carbons (Fsp3) is 0.533. The van der Waals surface area contributed by atoms with Crippen molar-refractivity contribution in [2.75, 3.05) is 0 Å². The maximum atomic E-state index is 5.68. The number of rotatable bonds is 5. The molecule has 0 aliphatic carbocycles. The highest BCUT2D eigenvalue weighted by Crippen LogP contribution is 2.12. The molecule has 0 radical (unpaired) electrons. The molecule has 0 fully saturated rings. The molecule has 2 aromatic rings. The number of ether oxygens (including phenoxy) is 1. The van der Waals surface area contributed by atoms with Crippen molar-refractivity contribution in [2.45, 2.75) is 46.4 Å². The summed E-state index contributed by atoms with van der Waals surface area (Å²) >= 11 is 0. The number of aromatic nitrogens is 4. The summed E-state index contributed by atoms with van der Waals surface area (Å²) in [5.41, 5.74) is 1.08. The second kappa shape index (κ2) is 6.22. The predicted octanol–water partition coefficient (Wildman–Crippen LogP) is 1.99. The van der Waals surface area contributed by atoms with Gasteiger partial charge in [0.15, 0.2) is 5.82 Å². The van der Waals surface area contributed by atoms with E-state index in [1.807, 2.05) is 30.7 Å². The smallest absolute Gasteiger partial charge is 0.170 e. The predicted molar refractivity (Wildman–Crippen MR) is 80.9 cm³/mol. The van der Waals surface area contributed by atoms with Gasteiger partial charge in [-0.2, -0.15) is 0 Å². The topological polar surface area (TPSA) is 64.9 Å². The SMILES string of the molecule is Cc1nnc(COc2ccc(CNC(C)(C)C)nc2)n1C. The molecule has 0 aliphatic heterocycles. The van der Waals surface area contributed by atoms with Gasteiger partial charge in [0.25, 0.3) is 0 Å². The monoisotopic (exact) mass is 289 g/mol. The molecule has 0 saturated carbocycles. The van der Waals surface area contributed by atoms with Crippen molar-refractivity contribution in [2.24, 2.45) is 7.05 Å². The largest absolute Gasteiger partial charge is 0.484 e. The molecule has 0 amide bonds. The second-order valence-corrected chi connectivity index (χ2v) is 6.10. The third kappa shape index (κ3) is 4.53. The Hall–Kier alpha value is -1.95. The van der Waals surface area contributed by atoms with E-state index in [9.17, 15) is 0 Å². The molecule has 0 bridgehead atoms. The van der Waals surface area contributed by atoms with Gasteiger partial charge in [-0.15, -0.1) is 10.2 Å². The van der Waals surface area contributed by atoms with Crippen molar-refractivity contribution in [1.29, 1.82) is 0 Å². The van der Waals surface area contributed by atoms with Crippen LogP contribution in [0.4, 0.5) is 0 Å². The van der Waals surface area contributed by atoms with Gasteiger partial charge in [0.05, 0.1) is 11.9 Å². The van der Waals surface area contributed by atoms with Crippen LogP contribution in [0.2, 0.25) is 0 Å². The van der Waals surface area contributed by atoms with Crippen LogP contribution >= 0.6 is 0 Å². The quantitative estimate of drug-likeness (QED) is 0.912. The van der Waals surface area contributed by atoms with Gasteiger partial charge in [-0.05, 0) is 39.8 Å². The van der Waals surface area contributed by atoms with Crippen molar-refractivity contribution >= 4 is 0 Å². The summed E-state index contributed by atoms with van der Waals surface area (Å²) in [4.78, 5) is 4.39. The number of pyridine rings is 1. The second-order valence-electron chi connectivity index (χ2n) is 6.10. The third-order valence-corrected chi connectivity index (χ3v) is 3.15. The fourth-order valence-corrected chi connectivity index (χ4v) is 1.68. The van der Waals surface area contributed by atoms with E-state index in [4.69, 9.17) is 4.74 Å². The molecular formula is C15H23N5O. The highest BCUT2D eigenvalue weighted by molar-refractivity contribution is 5.20. The average Bonchev–Trinajstić information content (AvgIpc) is 2.75. The number of nitrogens with zero attached hydrogens (tertiary/aromatic N) is 4. The van der Waals surface area contributed by atoms with E-state index >= 15 is 0 Å². The summed E-state index contributed by atoms with van der Waals surface area (Å²) in [6.07, 6.45) is 1.74. The van der Waals surface area contributed by atoms with Gasteiger partial charge in [-0.25, -0.2) is 0 Å². The molecule has 6 heteroatoms. The Labute approximate surface area is 125 Å². The summed E-state index contributed by atoms with van der Waals surface area (Å²) in [5, 5.41) is 11.5. The molecule has 1 N–H and O–H groups in total. The van der Waals surface area contributed by atoms with E-state index in [0.29, 0.717) is 6.61 Å². The normalized spacial score (nSPS) is 11.7. The summed E-state index contributed by atoms with van der Waals surface area (Å²) < 4.78 is 7.59. The highest BCUT2D eigenvalue weighted by atomic mass is 16.5. The Bertz CT molecular complexity index is 583. The van der Waals surface area contributed by atoms with Crippen LogP contribution in [0.5, 0.6) is 5.75 Å². The molecule has 0 spiro atoms. The third-order valence-electron chi connectivity index (χ3n) is 3.15. The molecule has 0 atom stereocenters. The molecule has 0 aliphatic rings. The standard InChI is InChI=1S/C15H23N5O/c1-11-18-19-14(20(11)5)10-21-13-7-6-12(16-9-13)8-17-15(2,3)4/h6-7,9,17H,8,10H2,1-5H3. The molecule has 6 nitrogen and oxygen atoms in total. The highest BCUT2D eigenvalue weighted by Gasteiger charge is 2.09. The molecule has 21 heavy (non-hydrogen) atoms. The van der Waals surface area contributed by atoms with Gasteiger partial charge in [0.1, 0.15) is 18.2 Å². The number of hydrogen-bond donors (Lipinski definition) is 1. The minimum absolute atomic E-state index is 0.0832. The maximum Gasteiger partial charge on any atom is 0.170 e. The van der Waals surface area contributed by atoms with Crippen LogP contribution in [0.25, 0.3) is 0 Å². The molecule has 2 heterocycles. The minimum atomic E-state index is 0.0832. The summed E-state index contributed by atoms with van der Waals surface area (Å²) in [6, 6.07) is 3.89. The lowest BCUT2D eigenvalue weighted by atomic mass is 10.1. The average molecular weight is 289 g/mol. The van der Waals surface area contributed by atoms with Gasteiger partial charge < -0.3 is 14.6 Å². The van der Waals surface area contributed by atoms with Gasteiger partial charge >= 0.3 is 0 Å². The Morgan fingerprint density at radius 3 is 2.52 bits per heavy atom. The Kier molecular flexibility index (Phi) is 4.57. The molecule has 114 valence electrons. The van der Waals surface area contributed by atoms with E-state index in [0.717, 1.165) is 29.6 Å². The van der Waals surface area contributed by atoms with Gasteiger partial charge in [0, 0.05) is 19.1 Å². The molecule has 0 unspecified atom stereocenters. The first-order chi connectivity index (χ1) is 9.85. The van der Waals surface area contributed by atoms with Crippen molar-refractivity contribution in [3.05, 3.63) is 35.7 Å². The van der Waals surface area contributed by atoms with E-state index < -0.39 is 0 Å². The van der Waals surface area contributed by atoms with Crippen LogP contribution in [-0.4, -0.2) is 25.3 Å². The summed E-state index contributed by atoms with van der Waals surface area (Å²) in [5.74, 6) is 2.40. The van der Waals surface area contributed by atoms with Crippen LogP contribution in [0.1, 0.15) is 38.1 Å². The molecule has 2 aromatic heterocycles. The molecule has 2 rings (SSSR count). The van der Waals surface area contributed by atoms with Crippen LogP contribution in [0.15, 0.2) is 18.3 Å². The van der Waals surface area contributed by atoms with Gasteiger partial charge in [-0.3, -0.25) is 4.98 Å². The molecule has 0 saturated heterocycles. The fourth-order valence-electron chi connectivity index (χ4n) is 1.68. The van der Waals surface area contributed by atoms with Crippen LogP contribution in [0, 0.1) is 6.92 Å². The van der Waals surface area contributed by atoms with Gasteiger partial charge in [0.2, 0.25) is 0 Å². The molecular weight excluding hydrogens is 266 g/mol. The van der Waals surface area contributed by atoms with Crippen LogP contribution in [-0.2, 0) is 20.2 Å². The number of aryl methyl sites for hydroxylation is 1. The maximum absolute atomic E-state index is 5.68. The van der Waals surface area contributed by atoms with Crippen LogP contribution in [0.3, 0.4) is 0 Å². The van der Waals surface area contributed by atoms with Crippen molar-refractivity contribution < 1.29 is 4.74 Å². The van der Waals surface area contributed by atoms with E-state index in [2.05, 4.69) is 41.3 Å². The number of hydrogen-bond acceptors (Lipinski definition) is 5. The lowest BCUT2D eigenvalue weighted by Crippen LogP contribution is -2.35. The zero-order valence-electron chi connectivity index (χ0n) is 13.3. The van der Waals surface area contributed by atoms with Crippen molar-refractivity contribution in [3.63, 3.8) is 0 Å². The van der Waals surface area contributed by atoms with Gasteiger partial charge in [-0.1, -0.05) is 0 Å². The van der Waals surface area contributed by atoms with E-state index in [-0.39, 0.29) is 5.54 Å². The first kappa shape index (κ1) is 15.4. The number of nitrogens with one attached hydrogen (secondary N) is 1. The van der Waals surface area contributed by atoms with Crippen LogP contribution < -0.4 is 10.1 Å². The Morgan fingerprint density at radius 2 is 2.00 bits per heavy atom. The lowest BCUT2D eigenvalue weighted by Gasteiger charge is -2.20. The first-order valence-electron chi connectivity index (χ1n) is 7.03. The molecule has 0 aromatic carbocycles. The zero-order chi connectivity index (χ0) is 15.5. The summed E-state index contributed by atoms with van der Waals surface area (Å²) in [7, 11) is 1.92. The Morgan fingerprint density at radius 1 is 1.24 bits per heavy atom. The minimum Gasteiger partial charge on any atom is -0.484 e. The zero-order valence-corrected chi connectivity index (χ0v) is 13.3. The van der Waals surface area contributed by atoms with Crippen molar-refractivity contribution in [1.82, 2.24) is 25.1 Å². The summed E-state index contributed by atoms with van der Waals surface area (Å²) in [6.45, 7) is 9.44. The van der Waals surface area contributed by atoms with E-state index in [1.165, 1.54) is 0 Å².